The van der Waals surface area contributed by atoms with Gasteiger partial charge in [0.2, 0.25) is 0 Å². The molecule has 2 rings (SSSR count). The number of aryl methyl sites for hydroxylation is 1. The van der Waals surface area contributed by atoms with Gasteiger partial charge in [-0.2, -0.15) is 0 Å². The lowest BCUT2D eigenvalue weighted by Crippen LogP contribution is -2.30. The molecule has 3 heteroatoms. The summed E-state index contributed by atoms with van der Waals surface area (Å²) in [6, 6.07) is 7.99. The first-order valence-electron chi connectivity index (χ1n) is 7.68. The van der Waals surface area contributed by atoms with Gasteiger partial charge in [0.25, 0.3) is 5.91 Å². The van der Waals surface area contributed by atoms with Crippen LogP contribution in [0.15, 0.2) is 24.3 Å². The lowest BCUT2D eigenvalue weighted by atomic mass is 10.0. The van der Waals surface area contributed by atoms with Crippen LogP contribution in [0.2, 0.25) is 0 Å². The van der Waals surface area contributed by atoms with E-state index in [2.05, 4.69) is 19.1 Å². The molecule has 1 aliphatic rings. The van der Waals surface area contributed by atoms with Crippen LogP contribution >= 0.6 is 0 Å². The van der Waals surface area contributed by atoms with Crippen molar-refractivity contribution < 1.29 is 9.90 Å². The van der Waals surface area contributed by atoms with Gasteiger partial charge in [0.05, 0.1) is 6.10 Å². The maximum atomic E-state index is 12.4. The molecule has 110 valence electrons. The fraction of sp³-hybridized carbons (Fsp3) is 0.588. The van der Waals surface area contributed by atoms with Crippen LogP contribution in [0, 0.1) is 5.92 Å². The number of rotatable bonds is 5. The normalized spacial score (nSPS) is 20.1. The van der Waals surface area contributed by atoms with E-state index in [-0.39, 0.29) is 17.9 Å². The lowest BCUT2D eigenvalue weighted by molar-refractivity contribution is 0.0762. The molecule has 2 unspecified atom stereocenters. The van der Waals surface area contributed by atoms with E-state index >= 15 is 0 Å². The van der Waals surface area contributed by atoms with E-state index in [9.17, 15) is 9.90 Å². The van der Waals surface area contributed by atoms with Crippen molar-refractivity contribution in [3.05, 3.63) is 35.4 Å². The molecule has 20 heavy (non-hydrogen) atoms. The summed E-state index contributed by atoms with van der Waals surface area (Å²) in [5, 5.41) is 9.60. The number of amides is 1. The maximum absolute atomic E-state index is 12.4. The molecule has 2 atom stereocenters. The summed E-state index contributed by atoms with van der Waals surface area (Å²) in [7, 11) is 0. The van der Waals surface area contributed by atoms with Crippen molar-refractivity contribution in [2.45, 2.75) is 45.6 Å². The molecule has 0 spiro atoms. The third-order valence-electron chi connectivity index (χ3n) is 4.21. The van der Waals surface area contributed by atoms with Gasteiger partial charge < -0.3 is 10.0 Å². The lowest BCUT2D eigenvalue weighted by Gasteiger charge is -2.18. The summed E-state index contributed by atoms with van der Waals surface area (Å²) in [5.41, 5.74) is 2.06. The van der Waals surface area contributed by atoms with Gasteiger partial charge >= 0.3 is 0 Å². The molecule has 0 aromatic heterocycles. The van der Waals surface area contributed by atoms with Crippen LogP contribution in [-0.4, -0.2) is 35.1 Å². The van der Waals surface area contributed by atoms with Crippen molar-refractivity contribution in [2.75, 3.05) is 13.1 Å². The SMILES string of the molecule is CCCCc1ccc(C(=O)N2CCC(C(C)O)C2)cc1. The predicted molar refractivity (Wildman–Crippen MR) is 80.7 cm³/mol. The predicted octanol–water partition coefficient (Wildman–Crippen LogP) is 2.87. The summed E-state index contributed by atoms with van der Waals surface area (Å²) in [5.74, 6) is 0.318. The second-order valence-electron chi connectivity index (χ2n) is 5.84. The largest absolute Gasteiger partial charge is 0.393 e. The summed E-state index contributed by atoms with van der Waals surface area (Å²) in [6.07, 6.45) is 4.03. The highest BCUT2D eigenvalue weighted by Crippen LogP contribution is 2.21. The zero-order valence-corrected chi connectivity index (χ0v) is 12.5. The van der Waals surface area contributed by atoms with Gasteiger partial charge in [-0.3, -0.25) is 4.79 Å². The molecule has 0 radical (unpaired) electrons. The maximum Gasteiger partial charge on any atom is 0.253 e. The van der Waals surface area contributed by atoms with Crippen LogP contribution < -0.4 is 0 Å². The summed E-state index contributed by atoms with van der Waals surface area (Å²) >= 11 is 0. The van der Waals surface area contributed by atoms with E-state index in [1.165, 1.54) is 18.4 Å². The molecular weight excluding hydrogens is 250 g/mol. The van der Waals surface area contributed by atoms with Gasteiger partial charge in [-0.15, -0.1) is 0 Å². The van der Waals surface area contributed by atoms with Gasteiger partial charge in [-0.05, 0) is 43.9 Å². The molecule has 1 aromatic carbocycles. The van der Waals surface area contributed by atoms with Crippen LogP contribution in [0.5, 0.6) is 0 Å². The van der Waals surface area contributed by atoms with Crippen molar-refractivity contribution >= 4 is 5.91 Å². The highest BCUT2D eigenvalue weighted by Gasteiger charge is 2.29. The molecule has 1 aromatic rings. The number of aliphatic hydroxyl groups is 1. The molecule has 1 aliphatic heterocycles. The highest BCUT2D eigenvalue weighted by atomic mass is 16.3. The molecule has 1 N–H and O–H groups in total. The Morgan fingerprint density at radius 3 is 2.65 bits per heavy atom. The molecular formula is C17H25NO2. The molecule has 0 saturated carbocycles. The topological polar surface area (TPSA) is 40.5 Å². The Bertz CT molecular complexity index is 439. The van der Waals surface area contributed by atoms with Crippen LogP contribution in [0.4, 0.5) is 0 Å². The number of hydrogen-bond acceptors (Lipinski definition) is 2. The Morgan fingerprint density at radius 2 is 2.10 bits per heavy atom. The smallest absolute Gasteiger partial charge is 0.253 e. The second-order valence-corrected chi connectivity index (χ2v) is 5.84. The number of benzene rings is 1. The van der Waals surface area contributed by atoms with Gasteiger partial charge in [0.1, 0.15) is 0 Å². The number of hydrogen-bond donors (Lipinski definition) is 1. The van der Waals surface area contributed by atoms with Gasteiger partial charge in [0, 0.05) is 24.6 Å². The molecule has 3 nitrogen and oxygen atoms in total. The zero-order chi connectivity index (χ0) is 14.5. The van der Waals surface area contributed by atoms with Crippen molar-refractivity contribution in [3.63, 3.8) is 0 Å². The minimum atomic E-state index is -0.329. The van der Waals surface area contributed by atoms with Crippen LogP contribution in [0.1, 0.15) is 49.0 Å². The molecule has 1 saturated heterocycles. The van der Waals surface area contributed by atoms with Gasteiger partial charge in [-0.1, -0.05) is 25.5 Å². The van der Waals surface area contributed by atoms with Crippen LogP contribution in [-0.2, 0) is 6.42 Å². The Morgan fingerprint density at radius 1 is 1.40 bits per heavy atom. The first kappa shape index (κ1) is 15.0. The molecule has 1 heterocycles. The van der Waals surface area contributed by atoms with Crippen LogP contribution in [0.3, 0.4) is 0 Å². The summed E-state index contributed by atoms with van der Waals surface area (Å²) in [6.45, 7) is 5.42. The first-order chi connectivity index (χ1) is 9.61. The van der Waals surface area contributed by atoms with E-state index in [0.29, 0.717) is 6.54 Å². The van der Waals surface area contributed by atoms with E-state index in [1.54, 1.807) is 6.92 Å². The average Bonchev–Trinajstić information content (AvgIpc) is 2.95. The van der Waals surface area contributed by atoms with E-state index in [1.807, 2.05) is 17.0 Å². The molecule has 0 aliphatic carbocycles. The van der Waals surface area contributed by atoms with E-state index in [4.69, 9.17) is 0 Å². The Hall–Kier alpha value is -1.35. The Labute approximate surface area is 121 Å². The standard InChI is InChI=1S/C17H25NO2/c1-3-4-5-14-6-8-15(9-7-14)17(20)18-11-10-16(12-18)13(2)19/h6-9,13,16,19H,3-5,10-12H2,1-2H3. The third-order valence-corrected chi connectivity index (χ3v) is 4.21. The first-order valence-corrected chi connectivity index (χ1v) is 7.68. The van der Waals surface area contributed by atoms with Crippen molar-refractivity contribution in [1.29, 1.82) is 0 Å². The Balaban J connectivity index is 1.96. The second kappa shape index (κ2) is 6.89. The minimum Gasteiger partial charge on any atom is -0.393 e. The molecule has 0 bridgehead atoms. The number of aliphatic hydroxyl groups excluding tert-OH is 1. The molecule has 1 amide bonds. The molecule has 1 fully saturated rings. The monoisotopic (exact) mass is 275 g/mol. The van der Waals surface area contributed by atoms with Crippen LogP contribution in [0.25, 0.3) is 0 Å². The third kappa shape index (κ3) is 3.60. The van der Waals surface area contributed by atoms with Crippen molar-refractivity contribution in [3.8, 4) is 0 Å². The number of carbonyl (C=O) groups is 1. The average molecular weight is 275 g/mol. The fourth-order valence-corrected chi connectivity index (χ4v) is 2.74. The number of carbonyl (C=O) groups excluding carboxylic acids is 1. The van der Waals surface area contributed by atoms with Crippen molar-refractivity contribution in [1.82, 2.24) is 4.90 Å². The minimum absolute atomic E-state index is 0.0928. The number of nitrogens with zero attached hydrogens (tertiary/aromatic N) is 1. The highest BCUT2D eigenvalue weighted by molar-refractivity contribution is 5.94. The summed E-state index contributed by atoms with van der Waals surface area (Å²) < 4.78 is 0. The van der Waals surface area contributed by atoms with E-state index in [0.717, 1.165) is 24.9 Å². The van der Waals surface area contributed by atoms with E-state index < -0.39 is 0 Å². The number of unbranched alkanes of at least 4 members (excludes halogenated alkanes) is 1. The zero-order valence-electron chi connectivity index (χ0n) is 12.5. The van der Waals surface area contributed by atoms with Gasteiger partial charge in [-0.25, -0.2) is 0 Å². The Kier molecular flexibility index (Phi) is 5.18. The van der Waals surface area contributed by atoms with Crippen molar-refractivity contribution in [2.24, 2.45) is 5.92 Å². The quantitative estimate of drug-likeness (QED) is 0.897. The number of likely N-dealkylation sites (tertiary alicyclic amines) is 1. The van der Waals surface area contributed by atoms with Gasteiger partial charge in [0.15, 0.2) is 0 Å². The fourth-order valence-electron chi connectivity index (χ4n) is 2.74. The summed E-state index contributed by atoms with van der Waals surface area (Å²) in [4.78, 5) is 14.2.